The number of hydrogen-bond acceptors (Lipinski definition) is 4. The Labute approximate surface area is 117 Å². The summed E-state index contributed by atoms with van der Waals surface area (Å²) in [5.74, 6) is -3.31. The van der Waals surface area contributed by atoms with Gasteiger partial charge in [0.15, 0.2) is 0 Å². The summed E-state index contributed by atoms with van der Waals surface area (Å²) in [7, 11) is 2.56. The zero-order valence-electron chi connectivity index (χ0n) is 11.4. The summed E-state index contributed by atoms with van der Waals surface area (Å²) in [5, 5.41) is 1.55. The molecule has 0 aliphatic carbocycles. The van der Waals surface area contributed by atoms with Crippen molar-refractivity contribution in [3.05, 3.63) is 23.5 Å². The van der Waals surface area contributed by atoms with Crippen LogP contribution in [0.4, 0.5) is 13.2 Å². The number of carbonyl (C=O) groups is 3. The summed E-state index contributed by atoms with van der Waals surface area (Å²) in [5.41, 5.74) is -0.206. The van der Waals surface area contributed by atoms with Crippen LogP contribution < -0.4 is 5.32 Å². The van der Waals surface area contributed by atoms with Gasteiger partial charge in [0.1, 0.15) is 11.7 Å². The topological polar surface area (TPSA) is 77.4 Å². The quantitative estimate of drug-likeness (QED) is 0.512. The van der Waals surface area contributed by atoms with Gasteiger partial charge in [0.05, 0.1) is 7.11 Å². The second-order valence-corrected chi connectivity index (χ2v) is 4.28. The van der Waals surface area contributed by atoms with Crippen LogP contribution in [0.3, 0.4) is 0 Å². The van der Waals surface area contributed by atoms with Gasteiger partial charge in [-0.1, -0.05) is 0 Å². The number of Topliss-reactive ketones (excluding diaryl/α,β-unsaturated/α-hetero) is 1. The first-order valence-corrected chi connectivity index (χ1v) is 5.74. The summed E-state index contributed by atoms with van der Waals surface area (Å²) in [4.78, 5) is 34.6. The monoisotopic (exact) mass is 306 g/mol. The lowest BCUT2D eigenvalue weighted by Gasteiger charge is -2.16. The van der Waals surface area contributed by atoms with Gasteiger partial charge in [-0.3, -0.25) is 9.59 Å². The van der Waals surface area contributed by atoms with Gasteiger partial charge in [-0.2, -0.15) is 13.2 Å². The average molecular weight is 306 g/mol. The van der Waals surface area contributed by atoms with E-state index in [0.717, 1.165) is 26.3 Å². The average Bonchev–Trinajstić information content (AvgIpc) is 2.77. The van der Waals surface area contributed by atoms with E-state index in [4.69, 9.17) is 0 Å². The number of ketones is 1. The van der Waals surface area contributed by atoms with Crippen molar-refractivity contribution in [2.24, 2.45) is 7.05 Å². The molecule has 0 saturated carbocycles. The molecule has 1 atom stereocenters. The van der Waals surface area contributed by atoms with Gasteiger partial charge in [-0.15, -0.1) is 0 Å². The smallest absolute Gasteiger partial charge is 0.408 e. The van der Waals surface area contributed by atoms with Crippen molar-refractivity contribution in [1.29, 1.82) is 0 Å². The second-order valence-electron chi connectivity index (χ2n) is 4.28. The summed E-state index contributed by atoms with van der Waals surface area (Å²) in [6.45, 7) is 0.718. The number of esters is 1. The predicted molar refractivity (Wildman–Crippen MR) is 64.7 cm³/mol. The number of nitrogens with zero attached hydrogens (tertiary/aromatic N) is 1. The van der Waals surface area contributed by atoms with E-state index < -0.39 is 29.9 Å². The number of ether oxygens (including phenoxy) is 1. The van der Waals surface area contributed by atoms with E-state index in [1.807, 2.05) is 0 Å². The lowest BCUT2D eigenvalue weighted by Crippen LogP contribution is -2.45. The summed E-state index contributed by atoms with van der Waals surface area (Å²) < 4.78 is 42.6. The molecule has 6 nitrogen and oxygen atoms in total. The SMILES string of the molecule is COC(=O)c1cc(C(=O)C(=O)NC(C)C(F)(F)F)cn1C. The molecule has 0 spiro atoms. The molecule has 1 aromatic rings. The van der Waals surface area contributed by atoms with E-state index in [9.17, 15) is 27.6 Å². The first kappa shape index (κ1) is 16.7. The van der Waals surface area contributed by atoms with Crippen LogP contribution in [0.25, 0.3) is 0 Å². The molecule has 1 unspecified atom stereocenters. The van der Waals surface area contributed by atoms with Crippen LogP contribution >= 0.6 is 0 Å². The number of rotatable bonds is 4. The molecule has 1 N–H and O–H groups in total. The van der Waals surface area contributed by atoms with E-state index in [2.05, 4.69) is 4.74 Å². The standard InChI is InChI=1S/C12H13F3N2O4/c1-6(12(13,14)15)16-10(19)9(18)7-4-8(11(20)21-3)17(2)5-7/h4-6H,1-3H3,(H,16,19). The van der Waals surface area contributed by atoms with Gasteiger partial charge in [-0.25, -0.2) is 4.79 Å². The zero-order chi connectivity index (χ0) is 16.4. The molecule has 0 bridgehead atoms. The summed E-state index contributed by atoms with van der Waals surface area (Å²) >= 11 is 0. The van der Waals surface area contributed by atoms with E-state index in [0.29, 0.717) is 0 Å². The number of amides is 1. The molecule has 1 aromatic heterocycles. The fraction of sp³-hybridized carbons (Fsp3) is 0.417. The van der Waals surface area contributed by atoms with Crippen LogP contribution in [0.5, 0.6) is 0 Å². The third kappa shape index (κ3) is 3.83. The molecule has 0 aromatic carbocycles. The Morgan fingerprint density at radius 1 is 1.33 bits per heavy atom. The van der Waals surface area contributed by atoms with Crippen LogP contribution in [-0.4, -0.2) is 41.6 Å². The maximum Gasteiger partial charge on any atom is 0.408 e. The van der Waals surface area contributed by atoms with Crippen LogP contribution in [0.15, 0.2) is 12.3 Å². The highest BCUT2D eigenvalue weighted by molar-refractivity contribution is 6.43. The molecule has 0 aliphatic rings. The Morgan fingerprint density at radius 3 is 2.38 bits per heavy atom. The van der Waals surface area contributed by atoms with Crippen molar-refractivity contribution in [3.8, 4) is 0 Å². The van der Waals surface area contributed by atoms with E-state index in [1.54, 1.807) is 5.32 Å². The van der Waals surface area contributed by atoms with Crippen LogP contribution in [0.2, 0.25) is 0 Å². The van der Waals surface area contributed by atoms with Gasteiger partial charge < -0.3 is 14.6 Å². The maximum atomic E-state index is 12.3. The van der Waals surface area contributed by atoms with Crippen molar-refractivity contribution in [1.82, 2.24) is 9.88 Å². The maximum absolute atomic E-state index is 12.3. The van der Waals surface area contributed by atoms with Gasteiger partial charge in [0, 0.05) is 18.8 Å². The van der Waals surface area contributed by atoms with Gasteiger partial charge in [0.2, 0.25) is 0 Å². The van der Waals surface area contributed by atoms with E-state index in [1.165, 1.54) is 11.6 Å². The van der Waals surface area contributed by atoms with Gasteiger partial charge in [-0.05, 0) is 13.0 Å². The Balaban J connectivity index is 2.89. The Kier molecular flexibility index (Phi) is 4.77. The van der Waals surface area contributed by atoms with Crippen LogP contribution in [0.1, 0.15) is 27.8 Å². The molecule has 1 amide bonds. The largest absolute Gasteiger partial charge is 0.464 e. The van der Waals surface area contributed by atoms with Crippen LogP contribution in [0, 0.1) is 0 Å². The minimum Gasteiger partial charge on any atom is -0.464 e. The lowest BCUT2D eigenvalue weighted by atomic mass is 10.2. The highest BCUT2D eigenvalue weighted by Gasteiger charge is 2.38. The first-order chi connectivity index (χ1) is 9.57. The second kappa shape index (κ2) is 5.98. The molecule has 0 saturated heterocycles. The number of methoxy groups -OCH3 is 1. The summed E-state index contributed by atoms with van der Waals surface area (Å²) in [6.07, 6.45) is -3.49. The molecule has 116 valence electrons. The molecule has 1 heterocycles. The number of nitrogens with one attached hydrogen (secondary N) is 1. The number of carbonyl (C=O) groups excluding carboxylic acids is 3. The molecule has 0 aliphatic heterocycles. The fourth-order valence-corrected chi connectivity index (χ4v) is 1.47. The molecule has 9 heteroatoms. The number of halogens is 3. The Morgan fingerprint density at radius 2 is 1.90 bits per heavy atom. The molecule has 1 rings (SSSR count). The minimum absolute atomic E-state index is 0.00230. The summed E-state index contributed by atoms with van der Waals surface area (Å²) in [6, 6.07) is -1.08. The number of aryl methyl sites for hydroxylation is 1. The molecular formula is C12H13F3N2O4. The normalized spacial score (nSPS) is 12.7. The molecule has 21 heavy (non-hydrogen) atoms. The number of alkyl halides is 3. The molecule has 0 radical (unpaired) electrons. The molecule has 0 fully saturated rings. The fourth-order valence-electron chi connectivity index (χ4n) is 1.47. The Bertz CT molecular complexity index is 578. The van der Waals surface area contributed by atoms with Crippen molar-refractivity contribution in [2.45, 2.75) is 19.1 Å². The number of hydrogen-bond donors (Lipinski definition) is 1. The highest BCUT2D eigenvalue weighted by atomic mass is 19.4. The van der Waals surface area contributed by atoms with E-state index >= 15 is 0 Å². The van der Waals surface area contributed by atoms with Gasteiger partial charge in [0.25, 0.3) is 11.7 Å². The Hall–Kier alpha value is -2.32. The number of aromatic nitrogens is 1. The third-order valence-corrected chi connectivity index (χ3v) is 2.71. The first-order valence-electron chi connectivity index (χ1n) is 5.74. The van der Waals surface area contributed by atoms with Crippen molar-refractivity contribution in [3.63, 3.8) is 0 Å². The van der Waals surface area contributed by atoms with Crippen molar-refractivity contribution in [2.75, 3.05) is 7.11 Å². The van der Waals surface area contributed by atoms with Gasteiger partial charge >= 0.3 is 12.1 Å². The third-order valence-electron chi connectivity index (χ3n) is 2.71. The minimum atomic E-state index is -4.65. The zero-order valence-corrected chi connectivity index (χ0v) is 11.4. The van der Waals surface area contributed by atoms with E-state index in [-0.39, 0.29) is 11.3 Å². The predicted octanol–water partition coefficient (Wildman–Crippen LogP) is 1.06. The lowest BCUT2D eigenvalue weighted by molar-refractivity contribution is -0.156. The van der Waals surface area contributed by atoms with Crippen molar-refractivity contribution < 1.29 is 32.3 Å². The van der Waals surface area contributed by atoms with Crippen molar-refractivity contribution >= 4 is 17.7 Å². The molecular weight excluding hydrogens is 293 g/mol. The van der Waals surface area contributed by atoms with Crippen LogP contribution in [-0.2, 0) is 16.6 Å². The highest BCUT2D eigenvalue weighted by Crippen LogP contribution is 2.19.